The van der Waals surface area contributed by atoms with Crippen molar-refractivity contribution in [3.05, 3.63) is 0 Å². The zero-order valence-corrected chi connectivity index (χ0v) is 8.59. The molecule has 3 atom stereocenters. The van der Waals surface area contributed by atoms with Gasteiger partial charge in [-0.1, -0.05) is 27.2 Å². The number of aliphatic hydroxyl groups is 1. The van der Waals surface area contributed by atoms with Crippen molar-refractivity contribution in [2.75, 3.05) is 0 Å². The molecule has 0 aromatic rings. The molecule has 1 fully saturated rings. The third kappa shape index (κ3) is 2.22. The Hall–Kier alpha value is -0.0400. The predicted molar refractivity (Wildman–Crippen MR) is 52.0 cm³/mol. The number of aliphatic hydroxyl groups excluding tert-OH is 1. The number of rotatable bonds is 2. The second-order valence-corrected chi connectivity index (χ2v) is 4.56. The van der Waals surface area contributed by atoms with Crippen molar-refractivity contribution in [3.63, 3.8) is 0 Å². The molecule has 12 heavy (non-hydrogen) atoms. The van der Waals surface area contributed by atoms with E-state index in [2.05, 4.69) is 20.8 Å². The normalized spacial score (nSPS) is 37.2. The summed E-state index contributed by atoms with van der Waals surface area (Å²) < 4.78 is 0. The fraction of sp³-hybridized carbons (Fsp3) is 1.00. The molecule has 0 aromatic carbocycles. The van der Waals surface area contributed by atoms with Crippen molar-refractivity contribution in [1.29, 1.82) is 0 Å². The summed E-state index contributed by atoms with van der Waals surface area (Å²) in [7, 11) is 0. The molecule has 0 amide bonds. The Bertz CT molecular complexity index is 131. The van der Waals surface area contributed by atoms with Crippen molar-refractivity contribution in [1.82, 2.24) is 0 Å². The van der Waals surface area contributed by atoms with Gasteiger partial charge in [-0.05, 0) is 37.0 Å². The quantitative estimate of drug-likeness (QED) is 0.675. The first-order valence-electron chi connectivity index (χ1n) is 5.33. The molecule has 0 radical (unpaired) electrons. The van der Waals surface area contributed by atoms with E-state index in [9.17, 15) is 5.11 Å². The smallest absolute Gasteiger partial charge is 0.0573 e. The van der Waals surface area contributed by atoms with E-state index in [1.54, 1.807) is 0 Å². The molecular weight excluding hydrogens is 148 g/mol. The van der Waals surface area contributed by atoms with Crippen LogP contribution in [0.1, 0.15) is 46.5 Å². The van der Waals surface area contributed by atoms with Crippen molar-refractivity contribution >= 4 is 0 Å². The van der Waals surface area contributed by atoms with Crippen LogP contribution < -0.4 is 0 Å². The van der Waals surface area contributed by atoms with Gasteiger partial charge < -0.3 is 5.11 Å². The van der Waals surface area contributed by atoms with Crippen molar-refractivity contribution in [3.8, 4) is 0 Å². The van der Waals surface area contributed by atoms with Gasteiger partial charge in [0.05, 0.1) is 6.10 Å². The number of hydrogen-bond acceptors (Lipinski definition) is 1. The zero-order valence-electron chi connectivity index (χ0n) is 8.59. The van der Waals surface area contributed by atoms with Crippen LogP contribution in [-0.2, 0) is 0 Å². The molecular formula is C11H22O. The summed E-state index contributed by atoms with van der Waals surface area (Å²) in [6.45, 7) is 6.67. The second kappa shape index (κ2) is 4.27. The van der Waals surface area contributed by atoms with Crippen LogP contribution in [0.5, 0.6) is 0 Å². The Morgan fingerprint density at radius 1 is 1.33 bits per heavy atom. The van der Waals surface area contributed by atoms with Gasteiger partial charge in [-0.15, -0.1) is 0 Å². The standard InChI is InChI=1S/C11H22O/c1-4-9-5-6-10(8(2)3)11(12)7-9/h8-12H,4-7H2,1-3H3/t9?,10-,11+/m0/s1. The molecule has 1 heteroatoms. The summed E-state index contributed by atoms with van der Waals surface area (Å²) in [6, 6.07) is 0. The molecule has 0 aromatic heterocycles. The summed E-state index contributed by atoms with van der Waals surface area (Å²) in [6.07, 6.45) is 4.82. The highest BCUT2D eigenvalue weighted by atomic mass is 16.3. The Kier molecular flexibility index (Phi) is 3.57. The van der Waals surface area contributed by atoms with Crippen LogP contribution in [0.2, 0.25) is 0 Å². The first kappa shape index (κ1) is 10.0. The number of hydrogen-bond donors (Lipinski definition) is 1. The maximum atomic E-state index is 9.84. The molecule has 1 N–H and O–H groups in total. The summed E-state index contributed by atoms with van der Waals surface area (Å²) in [5, 5.41) is 9.84. The minimum Gasteiger partial charge on any atom is -0.393 e. The third-order valence-electron chi connectivity index (χ3n) is 3.41. The predicted octanol–water partition coefficient (Wildman–Crippen LogP) is 2.83. The molecule has 1 unspecified atom stereocenters. The minimum absolute atomic E-state index is 0.0244. The molecule has 0 saturated heterocycles. The summed E-state index contributed by atoms with van der Waals surface area (Å²) in [4.78, 5) is 0. The lowest BCUT2D eigenvalue weighted by Crippen LogP contribution is -2.32. The van der Waals surface area contributed by atoms with Crippen molar-refractivity contribution in [2.24, 2.45) is 17.8 Å². The lowest BCUT2D eigenvalue weighted by Gasteiger charge is -2.35. The molecule has 1 aliphatic carbocycles. The van der Waals surface area contributed by atoms with E-state index in [0.717, 1.165) is 12.3 Å². The summed E-state index contributed by atoms with van der Waals surface area (Å²) in [5.41, 5.74) is 0. The van der Waals surface area contributed by atoms with Gasteiger partial charge in [0.2, 0.25) is 0 Å². The molecule has 1 nitrogen and oxygen atoms in total. The minimum atomic E-state index is -0.0244. The van der Waals surface area contributed by atoms with Gasteiger partial charge in [0.25, 0.3) is 0 Å². The van der Waals surface area contributed by atoms with Crippen LogP contribution in [0, 0.1) is 17.8 Å². The maximum Gasteiger partial charge on any atom is 0.0573 e. The molecule has 1 saturated carbocycles. The van der Waals surface area contributed by atoms with E-state index in [4.69, 9.17) is 0 Å². The van der Waals surface area contributed by atoms with Crippen LogP contribution in [0.15, 0.2) is 0 Å². The monoisotopic (exact) mass is 170 g/mol. The largest absolute Gasteiger partial charge is 0.393 e. The first-order chi connectivity index (χ1) is 5.65. The van der Waals surface area contributed by atoms with E-state index >= 15 is 0 Å². The Balaban J connectivity index is 2.42. The fourth-order valence-corrected chi connectivity index (χ4v) is 2.40. The average Bonchev–Trinajstić information content (AvgIpc) is 2.03. The zero-order chi connectivity index (χ0) is 9.14. The van der Waals surface area contributed by atoms with Crippen LogP contribution in [0.3, 0.4) is 0 Å². The topological polar surface area (TPSA) is 20.2 Å². The van der Waals surface area contributed by atoms with E-state index in [1.165, 1.54) is 19.3 Å². The first-order valence-corrected chi connectivity index (χ1v) is 5.33. The molecule has 0 spiro atoms. The van der Waals surface area contributed by atoms with Crippen LogP contribution in [-0.4, -0.2) is 11.2 Å². The Morgan fingerprint density at radius 2 is 2.00 bits per heavy atom. The molecule has 0 bridgehead atoms. The Labute approximate surface area is 76.2 Å². The van der Waals surface area contributed by atoms with E-state index in [-0.39, 0.29) is 6.10 Å². The fourth-order valence-electron chi connectivity index (χ4n) is 2.40. The van der Waals surface area contributed by atoms with E-state index in [0.29, 0.717) is 11.8 Å². The van der Waals surface area contributed by atoms with Gasteiger partial charge in [-0.2, -0.15) is 0 Å². The molecule has 72 valence electrons. The van der Waals surface area contributed by atoms with Gasteiger partial charge >= 0.3 is 0 Å². The van der Waals surface area contributed by atoms with Gasteiger partial charge in [-0.25, -0.2) is 0 Å². The van der Waals surface area contributed by atoms with E-state index in [1.807, 2.05) is 0 Å². The highest BCUT2D eigenvalue weighted by molar-refractivity contribution is 4.80. The van der Waals surface area contributed by atoms with Crippen LogP contribution >= 0.6 is 0 Å². The summed E-state index contributed by atoms with van der Waals surface area (Å²) in [5.74, 6) is 2.00. The second-order valence-electron chi connectivity index (χ2n) is 4.56. The Morgan fingerprint density at radius 3 is 2.42 bits per heavy atom. The molecule has 1 rings (SSSR count). The average molecular weight is 170 g/mol. The summed E-state index contributed by atoms with van der Waals surface area (Å²) >= 11 is 0. The highest BCUT2D eigenvalue weighted by Crippen LogP contribution is 2.34. The van der Waals surface area contributed by atoms with Gasteiger partial charge in [-0.3, -0.25) is 0 Å². The maximum absolute atomic E-state index is 9.84. The molecule has 1 aliphatic rings. The van der Waals surface area contributed by atoms with E-state index < -0.39 is 0 Å². The van der Waals surface area contributed by atoms with Gasteiger partial charge in [0.1, 0.15) is 0 Å². The van der Waals surface area contributed by atoms with Crippen LogP contribution in [0.4, 0.5) is 0 Å². The van der Waals surface area contributed by atoms with Crippen molar-refractivity contribution < 1.29 is 5.11 Å². The lowest BCUT2D eigenvalue weighted by molar-refractivity contribution is 0.0220. The SMILES string of the molecule is CCC1CC[C@@H](C(C)C)[C@H](O)C1. The lowest BCUT2D eigenvalue weighted by atomic mass is 9.74. The van der Waals surface area contributed by atoms with Crippen LogP contribution in [0.25, 0.3) is 0 Å². The highest BCUT2D eigenvalue weighted by Gasteiger charge is 2.29. The van der Waals surface area contributed by atoms with Gasteiger partial charge in [0.15, 0.2) is 0 Å². The molecule has 0 heterocycles. The van der Waals surface area contributed by atoms with Crippen molar-refractivity contribution in [2.45, 2.75) is 52.6 Å². The third-order valence-corrected chi connectivity index (χ3v) is 3.41. The van der Waals surface area contributed by atoms with Gasteiger partial charge in [0, 0.05) is 0 Å². The molecule has 0 aliphatic heterocycles.